The van der Waals surface area contributed by atoms with Gasteiger partial charge in [0.25, 0.3) is 0 Å². The van der Waals surface area contributed by atoms with Crippen LogP contribution in [0.15, 0.2) is 0 Å². The van der Waals surface area contributed by atoms with Crippen molar-refractivity contribution in [1.82, 2.24) is 0 Å². The SMILES string of the molecule is CC(O)C1[C@H]2C[C@H]2C[C@H]2[C@@H]3CC[C@@H]4C[C@](C)(O)CC[C@@H]4[C@H]3CC[C@]12C. The average molecular weight is 347 g/mol. The minimum absolute atomic E-state index is 0.125. The lowest BCUT2D eigenvalue weighted by Crippen LogP contribution is -2.55. The average Bonchev–Trinajstić information content (AvgIpc) is 3.28. The lowest BCUT2D eigenvalue weighted by Gasteiger charge is -2.61. The third kappa shape index (κ3) is 2.49. The zero-order valence-electron chi connectivity index (χ0n) is 16.5. The second kappa shape index (κ2) is 5.47. The van der Waals surface area contributed by atoms with Gasteiger partial charge in [0.05, 0.1) is 11.7 Å². The van der Waals surface area contributed by atoms with Crippen LogP contribution in [0.25, 0.3) is 0 Å². The van der Waals surface area contributed by atoms with E-state index in [-0.39, 0.29) is 6.10 Å². The maximum atomic E-state index is 10.6. The molecule has 0 aromatic carbocycles. The molecule has 0 amide bonds. The Morgan fingerprint density at radius 3 is 2.36 bits per heavy atom. The molecule has 5 aliphatic rings. The lowest BCUT2D eigenvalue weighted by molar-refractivity contribution is -0.145. The van der Waals surface area contributed by atoms with Crippen molar-refractivity contribution in [2.24, 2.45) is 52.8 Å². The molecule has 2 nitrogen and oxygen atoms in total. The predicted molar refractivity (Wildman–Crippen MR) is 99.9 cm³/mol. The highest BCUT2D eigenvalue weighted by atomic mass is 16.3. The van der Waals surface area contributed by atoms with Gasteiger partial charge in [0.2, 0.25) is 0 Å². The van der Waals surface area contributed by atoms with Crippen molar-refractivity contribution in [1.29, 1.82) is 0 Å². The summed E-state index contributed by atoms with van der Waals surface area (Å²) in [7, 11) is 0. The van der Waals surface area contributed by atoms with Crippen molar-refractivity contribution in [3.63, 3.8) is 0 Å². The van der Waals surface area contributed by atoms with E-state index in [1.165, 1.54) is 44.9 Å². The first kappa shape index (κ1) is 17.0. The molecule has 5 fully saturated rings. The summed E-state index contributed by atoms with van der Waals surface area (Å²) in [6, 6.07) is 0. The van der Waals surface area contributed by atoms with Crippen LogP contribution in [0.3, 0.4) is 0 Å². The second-order valence-electron chi connectivity index (χ2n) is 11.4. The number of fused-ring (bicyclic) bond motifs is 6. The van der Waals surface area contributed by atoms with E-state index in [1.54, 1.807) is 0 Å². The van der Waals surface area contributed by atoms with Gasteiger partial charge < -0.3 is 10.2 Å². The minimum atomic E-state index is -0.402. The highest BCUT2D eigenvalue weighted by Crippen LogP contribution is 2.70. The molecule has 0 heterocycles. The second-order valence-corrected chi connectivity index (χ2v) is 11.4. The first-order chi connectivity index (χ1) is 11.8. The molecule has 0 saturated heterocycles. The minimum Gasteiger partial charge on any atom is -0.393 e. The Labute approximate surface area is 153 Å². The van der Waals surface area contributed by atoms with E-state index in [9.17, 15) is 10.2 Å². The molecule has 2 N–H and O–H groups in total. The summed E-state index contributed by atoms with van der Waals surface area (Å²) >= 11 is 0. The zero-order chi connectivity index (χ0) is 17.6. The first-order valence-corrected chi connectivity index (χ1v) is 11.2. The highest BCUT2D eigenvalue weighted by molar-refractivity contribution is 5.13. The fraction of sp³-hybridized carbons (Fsp3) is 1.00. The molecule has 0 aromatic heterocycles. The summed E-state index contributed by atoms with van der Waals surface area (Å²) in [5, 5.41) is 21.1. The molecular formula is C23H38O2. The summed E-state index contributed by atoms with van der Waals surface area (Å²) in [6.07, 6.45) is 11.5. The van der Waals surface area contributed by atoms with Crippen LogP contribution in [0.2, 0.25) is 0 Å². The van der Waals surface area contributed by atoms with Gasteiger partial charge in [0.15, 0.2) is 0 Å². The molecule has 0 spiro atoms. The van der Waals surface area contributed by atoms with Crippen molar-refractivity contribution in [3.05, 3.63) is 0 Å². The Balaban J connectivity index is 1.41. The van der Waals surface area contributed by atoms with Gasteiger partial charge >= 0.3 is 0 Å². The zero-order valence-corrected chi connectivity index (χ0v) is 16.5. The summed E-state index contributed by atoms with van der Waals surface area (Å²) in [6.45, 7) is 6.69. The van der Waals surface area contributed by atoms with E-state index in [0.717, 1.165) is 54.3 Å². The van der Waals surface area contributed by atoms with Gasteiger partial charge in [-0.25, -0.2) is 0 Å². The van der Waals surface area contributed by atoms with Crippen LogP contribution < -0.4 is 0 Å². The summed E-state index contributed by atoms with van der Waals surface area (Å²) < 4.78 is 0. The third-order valence-electron chi connectivity index (χ3n) is 9.95. The molecule has 142 valence electrons. The monoisotopic (exact) mass is 346 g/mol. The Hall–Kier alpha value is -0.0800. The van der Waals surface area contributed by atoms with Gasteiger partial charge in [0, 0.05) is 0 Å². The van der Waals surface area contributed by atoms with Crippen LogP contribution in [0.1, 0.15) is 78.6 Å². The third-order valence-corrected chi connectivity index (χ3v) is 9.95. The number of aliphatic hydroxyl groups is 2. The summed E-state index contributed by atoms with van der Waals surface area (Å²) in [5.41, 5.74) is -0.0132. The van der Waals surface area contributed by atoms with Crippen molar-refractivity contribution in [2.45, 2.75) is 90.3 Å². The molecule has 0 aliphatic heterocycles. The predicted octanol–water partition coefficient (Wildman–Crippen LogP) is 4.63. The lowest BCUT2D eigenvalue weighted by atomic mass is 9.44. The van der Waals surface area contributed by atoms with E-state index in [0.29, 0.717) is 11.3 Å². The molecule has 2 heteroatoms. The van der Waals surface area contributed by atoms with Gasteiger partial charge in [-0.1, -0.05) is 6.92 Å². The quantitative estimate of drug-likeness (QED) is 0.726. The maximum Gasteiger partial charge on any atom is 0.0622 e. The molecule has 5 saturated carbocycles. The number of hydrogen-bond acceptors (Lipinski definition) is 2. The fourth-order valence-electron chi connectivity index (χ4n) is 8.99. The van der Waals surface area contributed by atoms with Crippen LogP contribution in [0.4, 0.5) is 0 Å². The van der Waals surface area contributed by atoms with Crippen LogP contribution >= 0.6 is 0 Å². The molecular weight excluding hydrogens is 308 g/mol. The molecule has 25 heavy (non-hydrogen) atoms. The van der Waals surface area contributed by atoms with Crippen LogP contribution in [0.5, 0.6) is 0 Å². The molecule has 2 unspecified atom stereocenters. The number of aliphatic hydroxyl groups excluding tert-OH is 1. The smallest absolute Gasteiger partial charge is 0.0622 e. The van der Waals surface area contributed by atoms with Gasteiger partial charge in [-0.15, -0.1) is 0 Å². The Bertz CT molecular complexity index is 540. The Morgan fingerprint density at radius 2 is 1.60 bits per heavy atom. The van der Waals surface area contributed by atoms with E-state index in [4.69, 9.17) is 0 Å². The van der Waals surface area contributed by atoms with Crippen molar-refractivity contribution in [3.8, 4) is 0 Å². The van der Waals surface area contributed by atoms with Gasteiger partial charge in [-0.3, -0.25) is 0 Å². The molecule has 11 atom stereocenters. The van der Waals surface area contributed by atoms with E-state index in [1.807, 2.05) is 0 Å². The van der Waals surface area contributed by atoms with Gasteiger partial charge in [-0.05, 0) is 124 Å². The maximum absolute atomic E-state index is 10.6. The first-order valence-electron chi connectivity index (χ1n) is 11.2. The van der Waals surface area contributed by atoms with Crippen LogP contribution in [-0.4, -0.2) is 21.9 Å². The van der Waals surface area contributed by atoms with Crippen LogP contribution in [0, 0.1) is 52.8 Å². The van der Waals surface area contributed by atoms with E-state index in [2.05, 4.69) is 20.8 Å². The standard InChI is InChI=1S/C23H38O2/c1-13(24)21-19-10-15(19)11-20-18-5-4-14-12-22(2,25)8-6-16(14)17(18)7-9-23(20,21)3/h13-21,24-25H,4-12H2,1-3H3/t13?,14-,15+,16+,17-,18-,19+,20+,21?,22-,23+/m1/s1. The molecule has 5 rings (SSSR count). The number of rotatable bonds is 1. The summed E-state index contributed by atoms with van der Waals surface area (Å²) in [5.74, 6) is 6.66. The molecule has 5 aliphatic carbocycles. The fourth-order valence-corrected chi connectivity index (χ4v) is 8.99. The summed E-state index contributed by atoms with van der Waals surface area (Å²) in [4.78, 5) is 0. The van der Waals surface area contributed by atoms with Crippen molar-refractivity contribution >= 4 is 0 Å². The Morgan fingerprint density at radius 1 is 0.840 bits per heavy atom. The van der Waals surface area contributed by atoms with E-state index < -0.39 is 5.60 Å². The van der Waals surface area contributed by atoms with Gasteiger partial charge in [-0.2, -0.15) is 0 Å². The highest BCUT2D eigenvalue weighted by Gasteiger charge is 2.64. The molecule has 0 aromatic rings. The van der Waals surface area contributed by atoms with Crippen molar-refractivity contribution in [2.75, 3.05) is 0 Å². The van der Waals surface area contributed by atoms with Crippen LogP contribution in [-0.2, 0) is 0 Å². The van der Waals surface area contributed by atoms with Crippen molar-refractivity contribution < 1.29 is 10.2 Å². The largest absolute Gasteiger partial charge is 0.393 e. The molecule has 0 bridgehead atoms. The normalized spacial score (nSPS) is 61.3. The topological polar surface area (TPSA) is 40.5 Å². The number of hydrogen-bond donors (Lipinski definition) is 2. The van der Waals surface area contributed by atoms with Gasteiger partial charge in [0.1, 0.15) is 0 Å². The Kier molecular flexibility index (Phi) is 3.73. The van der Waals surface area contributed by atoms with E-state index >= 15 is 0 Å². The molecule has 0 radical (unpaired) electrons.